The molecular weight excluding hydrogens is 302 g/mol. The summed E-state index contributed by atoms with van der Waals surface area (Å²) in [5, 5.41) is 3.31. The number of rotatable bonds is 2. The van der Waals surface area contributed by atoms with Crippen molar-refractivity contribution < 1.29 is 14.3 Å². The molecule has 4 nitrogen and oxygen atoms in total. The second kappa shape index (κ2) is 5.81. The largest absolute Gasteiger partial charge is 0.448 e. The molecule has 0 unspecified atom stereocenters. The molecule has 0 saturated heterocycles. The minimum Gasteiger partial charge on any atom is -0.448 e. The summed E-state index contributed by atoms with van der Waals surface area (Å²) in [6, 6.07) is 12.4. The van der Waals surface area contributed by atoms with Gasteiger partial charge in [0.15, 0.2) is 6.10 Å². The molecule has 22 heavy (non-hydrogen) atoms. The van der Waals surface area contributed by atoms with Crippen LogP contribution in [-0.2, 0) is 16.0 Å². The highest BCUT2D eigenvalue weighted by molar-refractivity contribution is 6.31. The van der Waals surface area contributed by atoms with Gasteiger partial charge in [0.2, 0.25) is 0 Å². The van der Waals surface area contributed by atoms with E-state index in [1.165, 1.54) is 0 Å². The molecule has 1 atom stereocenters. The van der Waals surface area contributed by atoms with Gasteiger partial charge in [-0.05, 0) is 36.2 Å². The van der Waals surface area contributed by atoms with Gasteiger partial charge < -0.3 is 10.1 Å². The van der Waals surface area contributed by atoms with Gasteiger partial charge in [0.05, 0.1) is 5.56 Å². The third-order valence-electron chi connectivity index (χ3n) is 3.64. The quantitative estimate of drug-likeness (QED) is 0.864. The second-order valence-electron chi connectivity index (χ2n) is 5.20. The fourth-order valence-electron chi connectivity index (χ4n) is 2.42. The number of nitrogens with one attached hydrogen (secondary N) is 1. The first kappa shape index (κ1) is 14.6. The van der Waals surface area contributed by atoms with Crippen molar-refractivity contribution in [2.75, 3.05) is 5.32 Å². The van der Waals surface area contributed by atoms with E-state index in [0.717, 1.165) is 11.1 Å². The van der Waals surface area contributed by atoms with Crippen LogP contribution < -0.4 is 5.32 Å². The Hall–Kier alpha value is -2.33. The highest BCUT2D eigenvalue weighted by Crippen LogP contribution is 2.24. The molecule has 1 amide bonds. The van der Waals surface area contributed by atoms with Crippen molar-refractivity contribution in [1.29, 1.82) is 0 Å². The number of hydrogen-bond donors (Lipinski definition) is 1. The molecule has 0 aliphatic carbocycles. The highest BCUT2D eigenvalue weighted by atomic mass is 35.5. The van der Waals surface area contributed by atoms with Crippen molar-refractivity contribution in [2.45, 2.75) is 19.4 Å². The van der Waals surface area contributed by atoms with Crippen LogP contribution in [0.4, 0.5) is 5.69 Å². The van der Waals surface area contributed by atoms with E-state index in [-0.39, 0.29) is 5.91 Å². The van der Waals surface area contributed by atoms with Crippen LogP contribution in [0.3, 0.4) is 0 Å². The van der Waals surface area contributed by atoms with Gasteiger partial charge in [-0.15, -0.1) is 0 Å². The lowest BCUT2D eigenvalue weighted by Crippen LogP contribution is -2.38. The zero-order valence-corrected chi connectivity index (χ0v) is 12.7. The lowest BCUT2D eigenvalue weighted by atomic mass is 9.98. The molecule has 0 radical (unpaired) electrons. The lowest BCUT2D eigenvalue weighted by molar-refractivity contribution is -0.125. The number of cyclic esters (lactones) is 1. The van der Waals surface area contributed by atoms with Crippen molar-refractivity contribution in [3.63, 3.8) is 0 Å². The maximum absolute atomic E-state index is 12.4. The highest BCUT2D eigenvalue weighted by Gasteiger charge is 2.31. The molecule has 1 N–H and O–H groups in total. The Bertz CT molecular complexity index is 757. The Labute approximate surface area is 133 Å². The fourth-order valence-corrected chi connectivity index (χ4v) is 2.59. The Morgan fingerprint density at radius 2 is 2.05 bits per heavy atom. The van der Waals surface area contributed by atoms with E-state index in [9.17, 15) is 9.59 Å². The van der Waals surface area contributed by atoms with Gasteiger partial charge in [-0.3, -0.25) is 4.79 Å². The summed E-state index contributed by atoms with van der Waals surface area (Å²) in [6.07, 6.45) is -0.464. The van der Waals surface area contributed by atoms with E-state index in [4.69, 9.17) is 16.3 Å². The van der Waals surface area contributed by atoms with Crippen molar-refractivity contribution in [2.24, 2.45) is 0 Å². The lowest BCUT2D eigenvalue weighted by Gasteiger charge is -2.24. The molecule has 1 aliphatic rings. The molecule has 0 fully saturated rings. The van der Waals surface area contributed by atoms with Crippen molar-refractivity contribution in [1.82, 2.24) is 0 Å². The van der Waals surface area contributed by atoms with Crippen LogP contribution >= 0.6 is 11.6 Å². The molecule has 5 heteroatoms. The summed E-state index contributed by atoms with van der Waals surface area (Å²) in [5.74, 6) is -0.821. The number of amides is 1. The topological polar surface area (TPSA) is 55.4 Å². The van der Waals surface area contributed by atoms with Crippen LogP contribution in [0.2, 0.25) is 5.02 Å². The Kier molecular flexibility index (Phi) is 3.86. The first-order chi connectivity index (χ1) is 10.5. The van der Waals surface area contributed by atoms with Gasteiger partial charge in [-0.25, -0.2) is 4.79 Å². The number of ether oxygens (including phenoxy) is 1. The van der Waals surface area contributed by atoms with E-state index < -0.39 is 12.1 Å². The molecular formula is C17H14ClNO3. The first-order valence-corrected chi connectivity index (χ1v) is 7.28. The zero-order chi connectivity index (χ0) is 15.7. The normalized spacial score (nSPS) is 16.6. The standard InChI is InChI=1S/C17H14ClNO3/c1-10-6-7-12(18)9-14(10)19-16(20)15-8-11-4-2-3-5-13(11)17(21)22-15/h2-7,9,15H,8H2,1H3,(H,19,20)/t15-/m1/s1. The molecule has 0 saturated carbocycles. The molecule has 0 aromatic heterocycles. The number of esters is 1. The molecule has 112 valence electrons. The van der Waals surface area contributed by atoms with Gasteiger partial charge in [0.25, 0.3) is 5.91 Å². The van der Waals surface area contributed by atoms with Crippen molar-refractivity contribution in [3.05, 3.63) is 64.2 Å². The third-order valence-corrected chi connectivity index (χ3v) is 3.88. The molecule has 3 rings (SSSR count). The number of carbonyl (C=O) groups excluding carboxylic acids is 2. The predicted molar refractivity (Wildman–Crippen MR) is 84.2 cm³/mol. The minimum absolute atomic E-state index is 0.354. The summed E-state index contributed by atoms with van der Waals surface area (Å²) in [5.41, 5.74) is 2.85. The molecule has 2 aromatic rings. The van der Waals surface area contributed by atoms with Gasteiger partial charge in [0.1, 0.15) is 0 Å². The van der Waals surface area contributed by atoms with Gasteiger partial charge in [0, 0.05) is 17.1 Å². The first-order valence-electron chi connectivity index (χ1n) is 6.90. The maximum Gasteiger partial charge on any atom is 0.339 e. The van der Waals surface area contributed by atoms with Crippen LogP contribution in [0.25, 0.3) is 0 Å². The third kappa shape index (κ3) is 2.83. The number of hydrogen-bond acceptors (Lipinski definition) is 3. The number of fused-ring (bicyclic) bond motifs is 1. The van der Waals surface area contributed by atoms with Gasteiger partial charge in [-0.2, -0.15) is 0 Å². The summed E-state index contributed by atoms with van der Waals surface area (Å²) in [6.45, 7) is 1.87. The molecule has 1 aliphatic heterocycles. The Morgan fingerprint density at radius 3 is 2.86 bits per heavy atom. The SMILES string of the molecule is Cc1ccc(Cl)cc1NC(=O)[C@H]1Cc2ccccc2C(=O)O1. The van der Waals surface area contributed by atoms with E-state index in [2.05, 4.69) is 5.32 Å². The van der Waals surface area contributed by atoms with E-state index in [1.807, 2.05) is 25.1 Å². The second-order valence-corrected chi connectivity index (χ2v) is 5.64. The average molecular weight is 316 g/mol. The smallest absolute Gasteiger partial charge is 0.339 e. The Balaban J connectivity index is 1.79. The predicted octanol–water partition coefficient (Wildman–Crippen LogP) is 3.37. The number of benzene rings is 2. The number of anilines is 1. The fraction of sp³-hybridized carbons (Fsp3) is 0.176. The summed E-state index contributed by atoms with van der Waals surface area (Å²) < 4.78 is 5.23. The minimum atomic E-state index is -0.833. The molecule has 1 heterocycles. The summed E-state index contributed by atoms with van der Waals surface area (Å²) in [4.78, 5) is 24.3. The van der Waals surface area contributed by atoms with E-state index in [0.29, 0.717) is 22.7 Å². The monoisotopic (exact) mass is 315 g/mol. The van der Waals surface area contributed by atoms with E-state index >= 15 is 0 Å². The van der Waals surface area contributed by atoms with Crippen LogP contribution in [0.1, 0.15) is 21.5 Å². The number of carbonyl (C=O) groups is 2. The number of aryl methyl sites for hydroxylation is 1. The van der Waals surface area contributed by atoms with Crippen LogP contribution in [0.15, 0.2) is 42.5 Å². The van der Waals surface area contributed by atoms with Crippen molar-refractivity contribution >= 4 is 29.2 Å². The maximum atomic E-state index is 12.4. The molecule has 2 aromatic carbocycles. The van der Waals surface area contributed by atoms with E-state index in [1.54, 1.807) is 24.3 Å². The Morgan fingerprint density at radius 1 is 1.27 bits per heavy atom. The molecule has 0 bridgehead atoms. The van der Waals surface area contributed by atoms with Gasteiger partial charge >= 0.3 is 5.97 Å². The molecule has 0 spiro atoms. The zero-order valence-electron chi connectivity index (χ0n) is 11.9. The summed E-state index contributed by atoms with van der Waals surface area (Å²) in [7, 11) is 0. The van der Waals surface area contributed by atoms with Gasteiger partial charge in [-0.1, -0.05) is 35.9 Å². The average Bonchev–Trinajstić information content (AvgIpc) is 2.51. The van der Waals surface area contributed by atoms with Crippen LogP contribution in [0, 0.1) is 6.92 Å². The summed E-state index contributed by atoms with van der Waals surface area (Å²) >= 11 is 5.94. The van der Waals surface area contributed by atoms with Crippen molar-refractivity contribution in [3.8, 4) is 0 Å². The van der Waals surface area contributed by atoms with Crippen LogP contribution in [0.5, 0.6) is 0 Å². The van der Waals surface area contributed by atoms with Crippen LogP contribution in [-0.4, -0.2) is 18.0 Å². The number of halogens is 1.